The molecule has 0 heterocycles. The topological polar surface area (TPSA) is 58.2 Å². The fourth-order valence-corrected chi connectivity index (χ4v) is 3.24. The average molecular weight is 320 g/mol. The molecular weight excluding hydrogens is 295 g/mol. The highest BCUT2D eigenvalue weighted by Crippen LogP contribution is 2.30. The van der Waals surface area contributed by atoms with E-state index < -0.39 is 5.54 Å². The minimum Gasteiger partial charge on any atom is -0.354 e. The Morgan fingerprint density at radius 2 is 2.00 bits per heavy atom. The number of rotatable bonds is 6. The Labute approximate surface area is 136 Å². The predicted molar refractivity (Wildman–Crippen MR) is 87.5 cm³/mol. The first-order valence-corrected chi connectivity index (χ1v) is 8.31. The Morgan fingerprint density at radius 3 is 2.61 bits per heavy atom. The van der Waals surface area contributed by atoms with E-state index in [2.05, 4.69) is 10.6 Å². The second kappa shape index (κ2) is 7.57. The van der Waals surface area contributed by atoms with Gasteiger partial charge in [0.2, 0.25) is 11.8 Å². The third-order valence-corrected chi connectivity index (χ3v) is 4.52. The largest absolute Gasteiger partial charge is 0.354 e. The molecule has 0 spiro atoms. The van der Waals surface area contributed by atoms with Gasteiger partial charge < -0.3 is 10.6 Å². The van der Waals surface area contributed by atoms with Crippen molar-refractivity contribution in [2.45, 2.75) is 57.4 Å². The molecule has 1 aromatic rings. The molecule has 1 fully saturated rings. The summed E-state index contributed by atoms with van der Waals surface area (Å²) in [5.41, 5.74) is 0.0213. The molecule has 1 atom stereocenters. The zero-order valence-electron chi connectivity index (χ0n) is 13.8. The Bertz CT molecular complexity index is 568. The average Bonchev–Trinajstić information content (AvgIpc) is 2.97. The number of hydrogen-bond donors (Lipinski definition) is 2. The molecule has 2 rings (SSSR count). The van der Waals surface area contributed by atoms with Gasteiger partial charge in [-0.1, -0.05) is 31.9 Å². The van der Waals surface area contributed by atoms with Gasteiger partial charge >= 0.3 is 0 Å². The number of carbonyl (C=O) groups excluding carboxylic acids is 2. The van der Waals surface area contributed by atoms with E-state index in [1.807, 2.05) is 19.9 Å². The number of amides is 2. The molecule has 1 unspecified atom stereocenters. The molecule has 4 nitrogen and oxygen atoms in total. The van der Waals surface area contributed by atoms with E-state index in [4.69, 9.17) is 0 Å². The van der Waals surface area contributed by atoms with Gasteiger partial charge in [-0.3, -0.25) is 9.59 Å². The van der Waals surface area contributed by atoms with Crippen molar-refractivity contribution in [2.75, 3.05) is 6.54 Å². The van der Waals surface area contributed by atoms with Crippen LogP contribution in [-0.2, 0) is 9.59 Å². The fraction of sp³-hybridized carbons (Fsp3) is 0.556. The second-order valence-electron chi connectivity index (χ2n) is 6.36. The van der Waals surface area contributed by atoms with E-state index in [-0.39, 0.29) is 30.0 Å². The lowest BCUT2D eigenvalue weighted by Gasteiger charge is -2.29. The van der Waals surface area contributed by atoms with Crippen LogP contribution in [0.3, 0.4) is 0 Å². The molecule has 1 aromatic carbocycles. The highest BCUT2D eigenvalue weighted by atomic mass is 19.1. The van der Waals surface area contributed by atoms with Crippen molar-refractivity contribution in [3.63, 3.8) is 0 Å². The lowest BCUT2D eigenvalue weighted by atomic mass is 9.93. The fourth-order valence-electron chi connectivity index (χ4n) is 3.24. The molecule has 2 amide bonds. The molecule has 1 saturated carbocycles. The van der Waals surface area contributed by atoms with Gasteiger partial charge in [0.05, 0.1) is 0 Å². The van der Waals surface area contributed by atoms with Crippen molar-refractivity contribution in [1.82, 2.24) is 10.6 Å². The minimum absolute atomic E-state index is 0.0933. The van der Waals surface area contributed by atoms with Crippen LogP contribution in [0.1, 0.15) is 57.4 Å². The van der Waals surface area contributed by atoms with Crippen LogP contribution in [0.4, 0.5) is 4.39 Å². The standard InChI is InChI=1S/C18H25FN2O2/c1-3-20-17(23)18(9-4-5-10-18)21-16(22)11-13(2)14-7-6-8-15(19)12-14/h6-8,12-13H,3-5,9-11H2,1-2H3,(H,20,23)(H,21,22). The molecule has 0 radical (unpaired) electrons. The Kier molecular flexibility index (Phi) is 5.74. The monoisotopic (exact) mass is 320 g/mol. The molecule has 0 aliphatic heterocycles. The molecule has 0 aromatic heterocycles. The molecule has 23 heavy (non-hydrogen) atoms. The van der Waals surface area contributed by atoms with Crippen molar-refractivity contribution in [1.29, 1.82) is 0 Å². The van der Waals surface area contributed by atoms with Gasteiger partial charge in [-0.25, -0.2) is 4.39 Å². The summed E-state index contributed by atoms with van der Waals surface area (Å²) in [5.74, 6) is -0.651. The number of benzene rings is 1. The lowest BCUT2D eigenvalue weighted by molar-refractivity contribution is -0.133. The Balaban J connectivity index is 2.01. The van der Waals surface area contributed by atoms with Gasteiger partial charge in [0.15, 0.2) is 0 Å². The minimum atomic E-state index is -0.769. The first-order valence-electron chi connectivity index (χ1n) is 8.31. The van der Waals surface area contributed by atoms with Crippen molar-refractivity contribution in [3.8, 4) is 0 Å². The molecular formula is C18H25FN2O2. The smallest absolute Gasteiger partial charge is 0.245 e. The van der Waals surface area contributed by atoms with Crippen molar-refractivity contribution >= 4 is 11.8 Å². The summed E-state index contributed by atoms with van der Waals surface area (Å²) in [4.78, 5) is 24.7. The maximum atomic E-state index is 13.3. The van der Waals surface area contributed by atoms with Crippen molar-refractivity contribution < 1.29 is 14.0 Å². The first kappa shape index (κ1) is 17.4. The number of nitrogens with one attached hydrogen (secondary N) is 2. The van der Waals surface area contributed by atoms with E-state index >= 15 is 0 Å². The molecule has 5 heteroatoms. The summed E-state index contributed by atoms with van der Waals surface area (Å²) in [5, 5.41) is 5.77. The molecule has 2 N–H and O–H groups in total. The van der Waals surface area contributed by atoms with Crippen molar-refractivity contribution in [2.24, 2.45) is 0 Å². The Morgan fingerprint density at radius 1 is 1.30 bits per heavy atom. The van der Waals surface area contributed by atoms with Crippen LogP contribution in [0.15, 0.2) is 24.3 Å². The number of likely N-dealkylation sites (N-methyl/N-ethyl adjacent to an activating group) is 1. The number of halogens is 1. The van der Waals surface area contributed by atoms with E-state index in [1.165, 1.54) is 12.1 Å². The highest BCUT2D eigenvalue weighted by Gasteiger charge is 2.42. The zero-order chi connectivity index (χ0) is 16.9. The van der Waals surface area contributed by atoms with Crippen LogP contribution in [0, 0.1) is 5.82 Å². The van der Waals surface area contributed by atoms with Crippen LogP contribution in [0.2, 0.25) is 0 Å². The van der Waals surface area contributed by atoms with Gasteiger partial charge in [-0.05, 0) is 43.4 Å². The predicted octanol–water partition coefficient (Wildman–Crippen LogP) is 2.88. The number of carbonyl (C=O) groups is 2. The van der Waals surface area contributed by atoms with Gasteiger partial charge in [-0.2, -0.15) is 0 Å². The van der Waals surface area contributed by atoms with E-state index in [1.54, 1.807) is 6.07 Å². The normalized spacial score (nSPS) is 17.5. The summed E-state index contributed by atoms with van der Waals surface area (Å²) < 4.78 is 13.3. The van der Waals surface area contributed by atoms with Gasteiger partial charge in [-0.15, -0.1) is 0 Å². The van der Waals surface area contributed by atoms with Crippen LogP contribution in [-0.4, -0.2) is 23.9 Å². The summed E-state index contributed by atoms with van der Waals surface area (Å²) in [6.07, 6.45) is 3.48. The molecule has 126 valence electrons. The van der Waals surface area contributed by atoms with Gasteiger partial charge in [0.25, 0.3) is 0 Å². The van der Waals surface area contributed by atoms with Crippen LogP contribution in [0.25, 0.3) is 0 Å². The highest BCUT2D eigenvalue weighted by molar-refractivity contribution is 5.91. The van der Waals surface area contributed by atoms with E-state index in [0.29, 0.717) is 19.4 Å². The second-order valence-corrected chi connectivity index (χ2v) is 6.36. The maximum Gasteiger partial charge on any atom is 0.245 e. The summed E-state index contributed by atoms with van der Waals surface area (Å²) in [6.45, 7) is 4.31. The van der Waals surface area contributed by atoms with Crippen molar-refractivity contribution in [3.05, 3.63) is 35.6 Å². The van der Waals surface area contributed by atoms with Crippen LogP contribution >= 0.6 is 0 Å². The quantitative estimate of drug-likeness (QED) is 0.847. The summed E-state index contributed by atoms with van der Waals surface area (Å²) in [6, 6.07) is 6.30. The maximum absolute atomic E-state index is 13.3. The molecule has 0 bridgehead atoms. The van der Waals surface area contributed by atoms with Gasteiger partial charge in [0.1, 0.15) is 11.4 Å². The van der Waals surface area contributed by atoms with Gasteiger partial charge in [0, 0.05) is 13.0 Å². The SMILES string of the molecule is CCNC(=O)C1(NC(=O)CC(C)c2cccc(F)c2)CCCC1. The lowest BCUT2D eigenvalue weighted by Crippen LogP contribution is -2.57. The third kappa shape index (κ3) is 4.30. The van der Waals surface area contributed by atoms with Crippen LogP contribution in [0.5, 0.6) is 0 Å². The Hall–Kier alpha value is -1.91. The third-order valence-electron chi connectivity index (χ3n) is 4.52. The molecule has 1 aliphatic rings. The summed E-state index contributed by atoms with van der Waals surface area (Å²) in [7, 11) is 0. The van der Waals surface area contributed by atoms with E-state index in [0.717, 1.165) is 18.4 Å². The molecule has 1 aliphatic carbocycles. The van der Waals surface area contributed by atoms with Crippen LogP contribution < -0.4 is 10.6 Å². The molecule has 0 saturated heterocycles. The van der Waals surface area contributed by atoms with E-state index in [9.17, 15) is 14.0 Å². The summed E-state index contributed by atoms with van der Waals surface area (Å²) >= 11 is 0. The number of hydrogen-bond acceptors (Lipinski definition) is 2. The first-order chi connectivity index (χ1) is 11.0. The zero-order valence-corrected chi connectivity index (χ0v) is 13.8.